The molecule has 0 aliphatic rings. The minimum Gasteiger partial charge on any atom is -0.337 e. The fourth-order valence-corrected chi connectivity index (χ4v) is 4.17. The normalized spacial score (nSPS) is 10.6. The molecule has 0 radical (unpaired) electrons. The number of halogens is 1. The first kappa shape index (κ1) is 20.4. The van der Waals surface area contributed by atoms with Gasteiger partial charge in [0.1, 0.15) is 0 Å². The van der Waals surface area contributed by atoms with Crippen LogP contribution in [-0.4, -0.2) is 33.8 Å². The molecule has 0 aliphatic carbocycles. The minimum atomic E-state index is -0.490. The van der Waals surface area contributed by atoms with Crippen molar-refractivity contribution in [2.24, 2.45) is 0 Å². The number of hydrogen-bond donors (Lipinski definition) is 2. The first-order chi connectivity index (χ1) is 13.5. The molecule has 0 aliphatic heterocycles. The van der Waals surface area contributed by atoms with Gasteiger partial charge >= 0.3 is 6.03 Å². The first-order valence-corrected chi connectivity index (χ1v) is 10.8. The summed E-state index contributed by atoms with van der Waals surface area (Å²) in [5.41, 5.74) is 1.83. The van der Waals surface area contributed by atoms with Gasteiger partial charge in [0.2, 0.25) is 5.91 Å². The molecule has 0 bridgehead atoms. The number of thiophene rings is 1. The van der Waals surface area contributed by atoms with E-state index >= 15 is 0 Å². The molecule has 2 N–H and O–H groups in total. The lowest BCUT2D eigenvalue weighted by atomic mass is 10.2. The largest absolute Gasteiger partial charge is 0.337 e. The van der Waals surface area contributed by atoms with Gasteiger partial charge in [-0.25, -0.2) is 9.78 Å². The fourth-order valence-electron chi connectivity index (χ4n) is 2.53. The van der Waals surface area contributed by atoms with Crippen LogP contribution in [0.2, 0.25) is 5.02 Å². The summed E-state index contributed by atoms with van der Waals surface area (Å²) < 4.78 is 1.88. The average Bonchev–Trinajstić information content (AvgIpc) is 3.34. The summed E-state index contributed by atoms with van der Waals surface area (Å²) in [7, 11) is 0. The second-order valence-electron chi connectivity index (χ2n) is 5.89. The highest BCUT2D eigenvalue weighted by molar-refractivity contribution is 7.99. The Labute approximate surface area is 176 Å². The van der Waals surface area contributed by atoms with Crippen molar-refractivity contribution in [2.45, 2.75) is 18.5 Å². The van der Waals surface area contributed by atoms with Gasteiger partial charge in [-0.2, -0.15) is 0 Å². The number of rotatable bonds is 7. The highest BCUT2D eigenvalue weighted by atomic mass is 35.5. The number of nitrogens with zero attached hydrogens (tertiary/aromatic N) is 2. The van der Waals surface area contributed by atoms with E-state index in [0.29, 0.717) is 16.7 Å². The zero-order valence-electron chi connectivity index (χ0n) is 15.1. The number of imide groups is 1. The number of aromatic nitrogens is 2. The van der Waals surface area contributed by atoms with Crippen molar-refractivity contribution in [1.82, 2.24) is 20.2 Å². The summed E-state index contributed by atoms with van der Waals surface area (Å²) in [6.07, 6.45) is 4.22. The van der Waals surface area contributed by atoms with Crippen LogP contribution in [-0.2, 0) is 11.2 Å². The molecule has 0 spiro atoms. The molecule has 1 aromatic carbocycles. The van der Waals surface area contributed by atoms with E-state index in [1.807, 2.05) is 53.4 Å². The number of imidazole rings is 1. The van der Waals surface area contributed by atoms with Gasteiger partial charge in [0.25, 0.3) is 0 Å². The van der Waals surface area contributed by atoms with Gasteiger partial charge in [0, 0.05) is 28.8 Å². The van der Waals surface area contributed by atoms with Crippen molar-refractivity contribution in [1.29, 1.82) is 0 Å². The van der Waals surface area contributed by atoms with Crippen molar-refractivity contribution in [3.05, 3.63) is 63.6 Å². The van der Waals surface area contributed by atoms with Crippen LogP contribution in [0.25, 0.3) is 5.69 Å². The van der Waals surface area contributed by atoms with E-state index in [9.17, 15) is 9.59 Å². The molecule has 0 saturated carbocycles. The second-order valence-corrected chi connectivity index (χ2v) is 8.27. The van der Waals surface area contributed by atoms with E-state index < -0.39 is 6.03 Å². The number of amides is 3. The average molecular weight is 435 g/mol. The molecule has 2 heterocycles. The van der Waals surface area contributed by atoms with Gasteiger partial charge in [-0.05, 0) is 42.5 Å². The van der Waals surface area contributed by atoms with Crippen LogP contribution in [0.15, 0.2) is 53.3 Å². The Balaban J connectivity index is 1.49. The smallest absolute Gasteiger partial charge is 0.321 e. The summed E-state index contributed by atoms with van der Waals surface area (Å²) in [5, 5.41) is 8.33. The van der Waals surface area contributed by atoms with Gasteiger partial charge in [0.15, 0.2) is 5.16 Å². The number of carbonyl (C=O) groups is 2. The number of carbonyl (C=O) groups excluding carboxylic acids is 2. The maximum absolute atomic E-state index is 12.1. The third-order valence-electron chi connectivity index (χ3n) is 3.93. The summed E-state index contributed by atoms with van der Waals surface area (Å²) in [6.45, 7) is 2.41. The quantitative estimate of drug-likeness (QED) is 0.550. The Morgan fingerprint density at radius 1 is 1.29 bits per heavy atom. The van der Waals surface area contributed by atoms with Gasteiger partial charge in [-0.1, -0.05) is 35.5 Å². The molecule has 3 amide bonds. The van der Waals surface area contributed by atoms with Crippen molar-refractivity contribution in [2.75, 3.05) is 12.3 Å². The monoisotopic (exact) mass is 434 g/mol. The lowest BCUT2D eigenvalue weighted by Gasteiger charge is -2.11. The Bertz CT molecular complexity index is 957. The van der Waals surface area contributed by atoms with Crippen LogP contribution < -0.4 is 10.6 Å². The first-order valence-electron chi connectivity index (χ1n) is 8.56. The topological polar surface area (TPSA) is 76.0 Å². The van der Waals surface area contributed by atoms with E-state index in [0.717, 1.165) is 17.7 Å². The van der Waals surface area contributed by atoms with Gasteiger partial charge < -0.3 is 5.32 Å². The van der Waals surface area contributed by atoms with E-state index in [-0.39, 0.29) is 11.7 Å². The maximum atomic E-state index is 12.1. The van der Waals surface area contributed by atoms with Crippen LogP contribution in [0.3, 0.4) is 0 Å². The van der Waals surface area contributed by atoms with Crippen LogP contribution in [0.1, 0.15) is 10.4 Å². The SMILES string of the molecule is Cc1c(Cl)cccc1-n1ccnc1SCC(=O)NC(=O)NCCc1cccs1. The van der Waals surface area contributed by atoms with Crippen molar-refractivity contribution >= 4 is 46.6 Å². The molecule has 9 heteroatoms. The summed E-state index contributed by atoms with van der Waals surface area (Å²) in [6, 6.07) is 9.12. The van der Waals surface area contributed by atoms with Crippen LogP contribution in [0.5, 0.6) is 0 Å². The highest BCUT2D eigenvalue weighted by Crippen LogP contribution is 2.26. The molecule has 6 nitrogen and oxygen atoms in total. The molecule has 0 atom stereocenters. The van der Waals surface area contributed by atoms with Gasteiger partial charge in [-0.3, -0.25) is 14.7 Å². The van der Waals surface area contributed by atoms with E-state index in [2.05, 4.69) is 15.6 Å². The lowest BCUT2D eigenvalue weighted by Crippen LogP contribution is -2.41. The van der Waals surface area contributed by atoms with Crippen molar-refractivity contribution in [3.63, 3.8) is 0 Å². The minimum absolute atomic E-state index is 0.0783. The van der Waals surface area contributed by atoms with Gasteiger partial charge in [0.05, 0.1) is 11.4 Å². The fraction of sp³-hybridized carbons (Fsp3) is 0.211. The van der Waals surface area contributed by atoms with E-state index in [1.165, 1.54) is 16.6 Å². The molecule has 146 valence electrons. The van der Waals surface area contributed by atoms with E-state index in [1.54, 1.807) is 17.5 Å². The predicted octanol–water partition coefficient (Wildman–Crippen LogP) is 4.06. The molecule has 0 saturated heterocycles. The number of benzene rings is 1. The van der Waals surface area contributed by atoms with Gasteiger partial charge in [-0.15, -0.1) is 11.3 Å². The van der Waals surface area contributed by atoms with E-state index in [4.69, 9.17) is 11.6 Å². The molecular weight excluding hydrogens is 416 g/mol. The van der Waals surface area contributed by atoms with Crippen molar-refractivity contribution < 1.29 is 9.59 Å². The summed E-state index contributed by atoms with van der Waals surface area (Å²) >= 11 is 9.08. The number of thioether (sulfide) groups is 1. The zero-order chi connectivity index (χ0) is 19.9. The van der Waals surface area contributed by atoms with Crippen LogP contribution in [0, 0.1) is 6.92 Å². The molecule has 0 fully saturated rings. The third-order valence-corrected chi connectivity index (χ3v) is 6.24. The maximum Gasteiger partial charge on any atom is 0.321 e. The number of nitrogens with one attached hydrogen (secondary N) is 2. The molecule has 3 aromatic rings. The lowest BCUT2D eigenvalue weighted by molar-refractivity contribution is -0.117. The molecule has 2 aromatic heterocycles. The summed E-state index contributed by atoms with van der Waals surface area (Å²) in [4.78, 5) is 29.4. The Morgan fingerprint density at radius 3 is 2.93 bits per heavy atom. The van der Waals surface area contributed by atoms with Crippen molar-refractivity contribution in [3.8, 4) is 5.69 Å². The third kappa shape index (κ3) is 5.37. The molecule has 3 rings (SSSR count). The summed E-state index contributed by atoms with van der Waals surface area (Å²) in [5.74, 6) is -0.300. The number of urea groups is 1. The van der Waals surface area contributed by atoms with Crippen LogP contribution in [0.4, 0.5) is 4.79 Å². The standard InChI is InChI=1S/C19H19ClN4O2S2/c1-13-15(20)5-2-6-16(13)24-10-9-22-19(24)28-12-17(25)23-18(26)21-8-7-14-4-3-11-27-14/h2-6,9-11H,7-8,12H2,1H3,(H2,21,23,25,26). The zero-order valence-corrected chi connectivity index (χ0v) is 17.5. The molecule has 28 heavy (non-hydrogen) atoms. The van der Waals surface area contributed by atoms with Crippen LogP contribution >= 0.6 is 34.7 Å². The number of hydrogen-bond acceptors (Lipinski definition) is 5. The Hall–Kier alpha value is -2.29. The molecule has 0 unspecified atom stereocenters. The second kappa shape index (κ2) is 9.77. The Kier molecular flexibility index (Phi) is 7.13. The predicted molar refractivity (Wildman–Crippen MR) is 114 cm³/mol. The Morgan fingerprint density at radius 2 is 2.14 bits per heavy atom. The highest BCUT2D eigenvalue weighted by Gasteiger charge is 2.13. The molecular formula is C19H19ClN4O2S2.